The highest BCUT2D eigenvalue weighted by atomic mass is 35.5. The van der Waals surface area contributed by atoms with Gasteiger partial charge in [0, 0.05) is 28.3 Å². The first-order valence-electron chi connectivity index (χ1n) is 13.1. The van der Waals surface area contributed by atoms with E-state index in [0.717, 1.165) is 32.2 Å². The maximum Gasteiger partial charge on any atom is 0.246 e. The quantitative estimate of drug-likeness (QED) is 0.485. The number of hydrogen-bond donors (Lipinski definition) is 2. The fourth-order valence-corrected chi connectivity index (χ4v) is 6.97. The summed E-state index contributed by atoms with van der Waals surface area (Å²) < 4.78 is 6.40. The van der Waals surface area contributed by atoms with Crippen LogP contribution < -0.4 is 10.6 Å². The Hall–Kier alpha value is -2.13. The van der Waals surface area contributed by atoms with E-state index in [1.54, 1.807) is 23.1 Å². The van der Waals surface area contributed by atoms with Crippen molar-refractivity contribution < 1.29 is 19.1 Å². The third kappa shape index (κ3) is 5.01. The predicted octanol–water partition coefficient (Wildman–Crippen LogP) is 3.48. The van der Waals surface area contributed by atoms with Crippen molar-refractivity contribution in [1.82, 2.24) is 15.1 Å². The number of nitrogens with one attached hydrogen (secondary N) is 2. The number of ether oxygens (including phenoxy) is 1. The Balaban J connectivity index is 1.42. The van der Waals surface area contributed by atoms with Gasteiger partial charge in [0.25, 0.3) is 0 Å². The van der Waals surface area contributed by atoms with Crippen LogP contribution >= 0.6 is 23.2 Å². The van der Waals surface area contributed by atoms with Crippen LogP contribution in [0.15, 0.2) is 30.4 Å². The van der Waals surface area contributed by atoms with Crippen molar-refractivity contribution in [1.29, 1.82) is 0 Å². The third-order valence-corrected chi connectivity index (χ3v) is 8.45. The number of likely N-dealkylation sites (tertiary alicyclic amines) is 1. The molecule has 1 saturated carbocycles. The Kier molecular flexibility index (Phi) is 7.56. The van der Waals surface area contributed by atoms with Gasteiger partial charge in [-0.05, 0) is 58.1 Å². The van der Waals surface area contributed by atoms with E-state index in [9.17, 15) is 14.4 Å². The largest absolute Gasteiger partial charge is 0.359 e. The van der Waals surface area contributed by atoms with Gasteiger partial charge in [-0.2, -0.15) is 0 Å². The molecule has 4 aliphatic rings. The Morgan fingerprint density at radius 1 is 1.11 bits per heavy atom. The zero-order valence-electron chi connectivity index (χ0n) is 21.2. The number of amides is 3. The molecule has 10 heteroatoms. The molecule has 5 atom stereocenters. The summed E-state index contributed by atoms with van der Waals surface area (Å²) in [5, 5.41) is 6.86. The molecule has 2 N–H and O–H groups in total. The van der Waals surface area contributed by atoms with Crippen LogP contribution in [0, 0.1) is 11.8 Å². The highest BCUT2D eigenvalue weighted by Crippen LogP contribution is 2.55. The highest BCUT2D eigenvalue weighted by Gasteiger charge is 2.72. The molecule has 3 heterocycles. The summed E-state index contributed by atoms with van der Waals surface area (Å²) in [7, 11) is 3.95. The zero-order valence-corrected chi connectivity index (χ0v) is 22.7. The van der Waals surface area contributed by atoms with Gasteiger partial charge in [0.2, 0.25) is 17.7 Å². The first kappa shape index (κ1) is 26.5. The van der Waals surface area contributed by atoms with Crippen molar-refractivity contribution >= 4 is 46.6 Å². The summed E-state index contributed by atoms with van der Waals surface area (Å²) in [5.41, 5.74) is -0.713. The molecule has 37 heavy (non-hydrogen) atoms. The minimum atomic E-state index is -1.16. The van der Waals surface area contributed by atoms with E-state index in [1.807, 2.05) is 31.1 Å². The highest BCUT2D eigenvalue weighted by molar-refractivity contribution is 6.35. The molecule has 8 nitrogen and oxygen atoms in total. The van der Waals surface area contributed by atoms with Gasteiger partial charge >= 0.3 is 0 Å². The van der Waals surface area contributed by atoms with E-state index in [2.05, 4.69) is 10.6 Å². The normalized spacial score (nSPS) is 30.7. The van der Waals surface area contributed by atoms with Crippen molar-refractivity contribution in [2.24, 2.45) is 11.8 Å². The summed E-state index contributed by atoms with van der Waals surface area (Å²) in [6, 6.07) is 4.09. The fourth-order valence-electron chi connectivity index (χ4n) is 6.44. The molecule has 5 unspecified atom stereocenters. The first-order chi connectivity index (χ1) is 17.7. The molecular weight excluding hydrogens is 515 g/mol. The lowest BCUT2D eigenvalue weighted by Crippen LogP contribution is -2.56. The van der Waals surface area contributed by atoms with Gasteiger partial charge in [-0.3, -0.25) is 14.4 Å². The van der Waals surface area contributed by atoms with E-state index in [4.69, 9.17) is 27.9 Å². The molecule has 1 aromatic carbocycles. The minimum absolute atomic E-state index is 0.102. The summed E-state index contributed by atoms with van der Waals surface area (Å²) >= 11 is 12.2. The van der Waals surface area contributed by atoms with Gasteiger partial charge in [0.15, 0.2) is 0 Å². The van der Waals surface area contributed by atoms with Crippen molar-refractivity contribution in [3.05, 3.63) is 40.4 Å². The SMILES string of the molecule is CN(C)CCCN1C(=O)C2C(C(=O)Nc3cc(Cl)cc(Cl)c3)C3C=CC2(O3)C1C(=O)NC1CCCCC1. The number of nitrogens with zero attached hydrogens (tertiary/aromatic N) is 2. The average Bonchev–Trinajstić information content (AvgIpc) is 3.46. The number of halogens is 2. The predicted molar refractivity (Wildman–Crippen MR) is 143 cm³/mol. The monoisotopic (exact) mass is 548 g/mol. The van der Waals surface area contributed by atoms with Crippen LogP contribution in [0.1, 0.15) is 38.5 Å². The number of carbonyl (C=O) groups is 3. The Bertz CT molecular complexity index is 1090. The smallest absolute Gasteiger partial charge is 0.246 e. The molecule has 2 saturated heterocycles. The number of hydrogen-bond acceptors (Lipinski definition) is 5. The van der Waals surface area contributed by atoms with Crippen LogP contribution in [0.25, 0.3) is 0 Å². The van der Waals surface area contributed by atoms with Gasteiger partial charge < -0.3 is 25.2 Å². The maximum atomic E-state index is 13.9. The summed E-state index contributed by atoms with van der Waals surface area (Å²) in [4.78, 5) is 44.9. The molecule has 1 spiro atoms. The van der Waals surface area contributed by atoms with Crippen LogP contribution in [0.3, 0.4) is 0 Å². The molecule has 0 aromatic heterocycles. The van der Waals surface area contributed by atoms with Crippen LogP contribution in [-0.2, 0) is 19.1 Å². The second-order valence-electron chi connectivity index (χ2n) is 10.9. The molecule has 2 bridgehead atoms. The van der Waals surface area contributed by atoms with Gasteiger partial charge in [-0.15, -0.1) is 0 Å². The number of anilines is 1. The molecule has 1 aromatic rings. The zero-order chi connectivity index (χ0) is 26.3. The molecule has 200 valence electrons. The third-order valence-electron chi connectivity index (χ3n) is 8.01. The summed E-state index contributed by atoms with van der Waals surface area (Å²) in [6.07, 6.45) is 9.02. The van der Waals surface area contributed by atoms with Gasteiger partial charge in [0.1, 0.15) is 11.6 Å². The Morgan fingerprint density at radius 2 is 1.81 bits per heavy atom. The van der Waals surface area contributed by atoms with Crippen molar-refractivity contribution in [2.45, 2.75) is 62.3 Å². The topological polar surface area (TPSA) is 91.0 Å². The lowest BCUT2D eigenvalue weighted by molar-refractivity contribution is -0.141. The van der Waals surface area contributed by atoms with E-state index in [1.165, 1.54) is 6.42 Å². The van der Waals surface area contributed by atoms with E-state index in [-0.39, 0.29) is 23.8 Å². The molecular formula is C27H34Cl2N4O4. The van der Waals surface area contributed by atoms with Crippen molar-refractivity contribution in [2.75, 3.05) is 32.5 Å². The van der Waals surface area contributed by atoms with Crippen LogP contribution in [0.4, 0.5) is 5.69 Å². The Labute approximate surface area is 227 Å². The molecule has 0 radical (unpaired) electrons. The van der Waals surface area contributed by atoms with Crippen LogP contribution in [-0.4, -0.2) is 78.5 Å². The Morgan fingerprint density at radius 3 is 2.49 bits per heavy atom. The lowest BCUT2D eigenvalue weighted by Gasteiger charge is -2.34. The fraction of sp³-hybridized carbons (Fsp3) is 0.593. The summed E-state index contributed by atoms with van der Waals surface area (Å²) in [6.45, 7) is 1.19. The van der Waals surface area contributed by atoms with Gasteiger partial charge in [0.05, 0.1) is 17.9 Å². The minimum Gasteiger partial charge on any atom is -0.359 e. The maximum absolute atomic E-state index is 13.9. The van der Waals surface area contributed by atoms with E-state index in [0.29, 0.717) is 28.7 Å². The molecule has 3 aliphatic heterocycles. The van der Waals surface area contributed by atoms with Gasteiger partial charge in [-0.1, -0.05) is 54.6 Å². The second kappa shape index (κ2) is 10.6. The molecule has 3 amide bonds. The average molecular weight is 549 g/mol. The van der Waals surface area contributed by atoms with Crippen LogP contribution in [0.5, 0.6) is 0 Å². The van der Waals surface area contributed by atoms with Gasteiger partial charge in [-0.25, -0.2) is 0 Å². The first-order valence-corrected chi connectivity index (χ1v) is 13.8. The number of rotatable bonds is 8. The van der Waals surface area contributed by atoms with Crippen LogP contribution in [0.2, 0.25) is 10.0 Å². The number of carbonyl (C=O) groups excluding carboxylic acids is 3. The standard InChI is InChI=1S/C27H34Cl2N4O4/c1-32(2)11-6-12-33-23(25(35)30-18-7-4-3-5-8-18)27-10-9-20(37-27)21(22(27)26(33)36)24(34)31-19-14-16(28)13-17(29)15-19/h9-10,13-15,18,20-23H,3-8,11-12H2,1-2H3,(H,30,35)(H,31,34). The molecule has 1 aliphatic carbocycles. The van der Waals surface area contributed by atoms with E-state index >= 15 is 0 Å². The van der Waals surface area contributed by atoms with E-state index < -0.39 is 29.6 Å². The number of fused-ring (bicyclic) bond motifs is 1. The molecule has 3 fully saturated rings. The van der Waals surface area contributed by atoms with Crippen molar-refractivity contribution in [3.63, 3.8) is 0 Å². The second-order valence-corrected chi connectivity index (χ2v) is 11.8. The number of benzene rings is 1. The van der Waals surface area contributed by atoms with Crippen molar-refractivity contribution in [3.8, 4) is 0 Å². The lowest BCUT2D eigenvalue weighted by atomic mass is 9.74. The summed E-state index contributed by atoms with van der Waals surface area (Å²) in [5.74, 6) is -2.30. The molecule has 5 rings (SSSR count).